The fourth-order valence-corrected chi connectivity index (χ4v) is 3.20. The van der Waals surface area contributed by atoms with E-state index in [-0.39, 0.29) is 11.4 Å². The molecule has 1 fully saturated rings. The van der Waals surface area contributed by atoms with Crippen molar-refractivity contribution < 1.29 is 9.84 Å². The van der Waals surface area contributed by atoms with Crippen molar-refractivity contribution in [2.24, 2.45) is 0 Å². The summed E-state index contributed by atoms with van der Waals surface area (Å²) in [5, 5.41) is 9.75. The van der Waals surface area contributed by atoms with Crippen molar-refractivity contribution in [3.63, 3.8) is 0 Å². The second kappa shape index (κ2) is 3.14. The molecule has 3 heteroatoms. The quantitative estimate of drug-likeness (QED) is 0.782. The molecular formula is C12H13BrO2. The summed E-state index contributed by atoms with van der Waals surface area (Å²) in [6, 6.07) is 3.59. The van der Waals surface area contributed by atoms with Gasteiger partial charge in [0, 0.05) is 16.5 Å². The zero-order chi connectivity index (χ0) is 10.5. The Balaban J connectivity index is 2.05. The van der Waals surface area contributed by atoms with Gasteiger partial charge in [-0.25, -0.2) is 0 Å². The summed E-state index contributed by atoms with van der Waals surface area (Å²) in [5.74, 6) is 0.975. The number of ether oxygens (including phenoxy) is 1. The molecule has 0 radical (unpaired) electrons. The van der Waals surface area contributed by atoms with E-state index in [1.807, 2.05) is 6.07 Å². The lowest BCUT2D eigenvalue weighted by atomic mass is 9.96. The maximum Gasteiger partial charge on any atom is 0.166 e. The zero-order valence-corrected chi connectivity index (χ0v) is 10.0. The molecule has 1 aromatic rings. The Bertz CT molecular complexity index is 375. The van der Waals surface area contributed by atoms with Crippen LogP contribution in [0.5, 0.6) is 11.5 Å². The molecule has 15 heavy (non-hydrogen) atoms. The first kappa shape index (κ1) is 9.52. The van der Waals surface area contributed by atoms with Crippen LogP contribution in [0.15, 0.2) is 16.6 Å². The number of fused-ring (bicyclic) bond motifs is 1. The van der Waals surface area contributed by atoms with Gasteiger partial charge in [-0.15, -0.1) is 0 Å². The highest BCUT2D eigenvalue weighted by Crippen LogP contribution is 2.50. The van der Waals surface area contributed by atoms with Crippen molar-refractivity contribution in [1.29, 1.82) is 0 Å². The molecular weight excluding hydrogens is 256 g/mol. The van der Waals surface area contributed by atoms with Gasteiger partial charge in [-0.2, -0.15) is 0 Å². The number of aromatic hydroxyl groups is 1. The molecule has 2 aliphatic rings. The smallest absolute Gasteiger partial charge is 0.166 e. The van der Waals surface area contributed by atoms with Gasteiger partial charge >= 0.3 is 0 Å². The van der Waals surface area contributed by atoms with E-state index in [0.29, 0.717) is 5.75 Å². The van der Waals surface area contributed by atoms with Gasteiger partial charge in [0.1, 0.15) is 5.60 Å². The van der Waals surface area contributed by atoms with Crippen LogP contribution in [0.2, 0.25) is 0 Å². The first-order valence-corrected chi connectivity index (χ1v) is 6.19. The molecule has 0 bridgehead atoms. The largest absolute Gasteiger partial charge is 0.504 e. The van der Waals surface area contributed by atoms with Gasteiger partial charge in [0.25, 0.3) is 0 Å². The lowest BCUT2D eigenvalue weighted by Crippen LogP contribution is -2.29. The third-order valence-electron chi connectivity index (χ3n) is 3.51. The number of phenols is 1. The summed E-state index contributed by atoms with van der Waals surface area (Å²) in [6.07, 6.45) is 5.66. The minimum absolute atomic E-state index is 0.0102. The minimum Gasteiger partial charge on any atom is -0.504 e. The predicted octanol–water partition coefficient (Wildman–Crippen LogP) is 3.40. The standard InChI is InChI=1S/C12H13BrO2/c13-9-3-4-10(14)11-8(9)7-12(15-11)5-1-2-6-12/h3-4,14H,1-2,5-7H2. The fourth-order valence-electron chi connectivity index (χ4n) is 2.74. The molecule has 0 saturated heterocycles. The van der Waals surface area contributed by atoms with Crippen LogP contribution in [0.25, 0.3) is 0 Å². The number of phenolic OH excluding ortho intramolecular Hbond substituents is 1. The second-order valence-corrected chi connectivity index (χ2v) is 5.40. The van der Waals surface area contributed by atoms with Gasteiger partial charge in [-0.05, 0) is 37.8 Å². The predicted molar refractivity (Wildman–Crippen MR) is 61.3 cm³/mol. The average Bonchev–Trinajstić information content (AvgIpc) is 2.82. The average molecular weight is 269 g/mol. The summed E-state index contributed by atoms with van der Waals surface area (Å²) in [6.45, 7) is 0. The topological polar surface area (TPSA) is 29.5 Å². The van der Waals surface area contributed by atoms with Crippen LogP contribution in [0.4, 0.5) is 0 Å². The van der Waals surface area contributed by atoms with Crippen molar-refractivity contribution in [2.75, 3.05) is 0 Å². The van der Waals surface area contributed by atoms with Gasteiger partial charge in [0.15, 0.2) is 11.5 Å². The van der Waals surface area contributed by atoms with Crippen molar-refractivity contribution in [2.45, 2.75) is 37.7 Å². The molecule has 1 spiro atoms. The van der Waals surface area contributed by atoms with E-state index in [1.54, 1.807) is 6.07 Å². The number of hydrogen-bond donors (Lipinski definition) is 1. The Kier molecular flexibility index (Phi) is 2.00. The number of hydrogen-bond acceptors (Lipinski definition) is 2. The van der Waals surface area contributed by atoms with Crippen molar-refractivity contribution in [3.8, 4) is 11.5 Å². The molecule has 1 aromatic carbocycles. The van der Waals surface area contributed by atoms with E-state index in [2.05, 4.69) is 15.9 Å². The van der Waals surface area contributed by atoms with Crippen LogP contribution in [-0.4, -0.2) is 10.7 Å². The Labute approximate surface area is 97.4 Å². The van der Waals surface area contributed by atoms with Gasteiger partial charge in [0.2, 0.25) is 0 Å². The van der Waals surface area contributed by atoms with E-state index < -0.39 is 0 Å². The van der Waals surface area contributed by atoms with E-state index in [9.17, 15) is 5.11 Å². The summed E-state index contributed by atoms with van der Waals surface area (Å²) in [4.78, 5) is 0. The molecule has 1 aliphatic heterocycles. The third kappa shape index (κ3) is 1.36. The zero-order valence-electron chi connectivity index (χ0n) is 8.42. The highest BCUT2D eigenvalue weighted by molar-refractivity contribution is 9.10. The summed E-state index contributed by atoms with van der Waals surface area (Å²) < 4.78 is 7.04. The molecule has 3 rings (SSSR count). The molecule has 0 unspecified atom stereocenters. The van der Waals surface area contributed by atoms with Gasteiger partial charge in [-0.3, -0.25) is 0 Å². The van der Waals surface area contributed by atoms with E-state index in [0.717, 1.165) is 29.3 Å². The molecule has 0 amide bonds. The van der Waals surface area contributed by atoms with Crippen LogP contribution in [0, 0.1) is 0 Å². The van der Waals surface area contributed by atoms with Crippen LogP contribution in [0.1, 0.15) is 31.2 Å². The molecule has 2 nitrogen and oxygen atoms in total. The molecule has 1 aliphatic carbocycles. The van der Waals surface area contributed by atoms with Crippen LogP contribution in [0.3, 0.4) is 0 Å². The first-order valence-electron chi connectivity index (χ1n) is 5.40. The van der Waals surface area contributed by atoms with Gasteiger partial charge in [0.05, 0.1) is 0 Å². The lowest BCUT2D eigenvalue weighted by molar-refractivity contribution is 0.0997. The van der Waals surface area contributed by atoms with Gasteiger partial charge < -0.3 is 9.84 Å². The number of rotatable bonds is 0. The van der Waals surface area contributed by atoms with Crippen LogP contribution < -0.4 is 4.74 Å². The lowest BCUT2D eigenvalue weighted by Gasteiger charge is -2.22. The highest BCUT2D eigenvalue weighted by atomic mass is 79.9. The Morgan fingerprint density at radius 1 is 1.27 bits per heavy atom. The summed E-state index contributed by atoms with van der Waals surface area (Å²) in [5.41, 5.74) is 1.13. The molecule has 1 saturated carbocycles. The van der Waals surface area contributed by atoms with Crippen LogP contribution in [-0.2, 0) is 6.42 Å². The number of halogens is 1. The Hall–Kier alpha value is -0.700. The van der Waals surface area contributed by atoms with Crippen LogP contribution >= 0.6 is 15.9 Å². The monoisotopic (exact) mass is 268 g/mol. The maximum atomic E-state index is 9.75. The highest BCUT2D eigenvalue weighted by Gasteiger charge is 2.43. The molecule has 80 valence electrons. The van der Waals surface area contributed by atoms with Crippen molar-refractivity contribution in [1.82, 2.24) is 0 Å². The molecule has 1 N–H and O–H groups in total. The van der Waals surface area contributed by atoms with Gasteiger partial charge in [-0.1, -0.05) is 15.9 Å². The minimum atomic E-state index is -0.0102. The fraction of sp³-hybridized carbons (Fsp3) is 0.500. The maximum absolute atomic E-state index is 9.75. The second-order valence-electron chi connectivity index (χ2n) is 4.54. The van der Waals surface area contributed by atoms with E-state index >= 15 is 0 Å². The van der Waals surface area contributed by atoms with Crippen molar-refractivity contribution >= 4 is 15.9 Å². The summed E-state index contributed by atoms with van der Waals surface area (Å²) in [7, 11) is 0. The van der Waals surface area contributed by atoms with E-state index in [1.165, 1.54) is 12.8 Å². The molecule has 1 heterocycles. The number of benzene rings is 1. The Morgan fingerprint density at radius 2 is 2.00 bits per heavy atom. The molecule has 0 aromatic heterocycles. The normalized spacial score (nSPS) is 21.7. The first-order chi connectivity index (χ1) is 7.20. The van der Waals surface area contributed by atoms with E-state index in [4.69, 9.17) is 4.74 Å². The Morgan fingerprint density at radius 3 is 2.67 bits per heavy atom. The molecule has 0 atom stereocenters. The third-order valence-corrected chi connectivity index (χ3v) is 4.26. The SMILES string of the molecule is Oc1ccc(Br)c2c1OC1(CCCC1)C2. The summed E-state index contributed by atoms with van der Waals surface area (Å²) >= 11 is 3.52. The van der Waals surface area contributed by atoms with Crippen molar-refractivity contribution in [3.05, 3.63) is 22.2 Å².